The summed E-state index contributed by atoms with van der Waals surface area (Å²) in [5.74, 6) is -2.60. The fourth-order valence-electron chi connectivity index (χ4n) is 3.16. The van der Waals surface area contributed by atoms with E-state index in [1.54, 1.807) is 18.2 Å². The van der Waals surface area contributed by atoms with E-state index in [-0.39, 0.29) is 12.5 Å². The van der Waals surface area contributed by atoms with Gasteiger partial charge in [-0.3, -0.25) is 14.5 Å². The molecule has 4 rings (SSSR count). The SMILES string of the molecule is C[C@]1(c2ccc3c(c2)OCO3)NC(=O)N(CC(=O)Nc2ccc(F)c(F)c2)C1=O. The number of benzene rings is 2. The van der Waals surface area contributed by atoms with Gasteiger partial charge in [-0.15, -0.1) is 0 Å². The fourth-order valence-corrected chi connectivity index (χ4v) is 3.16. The first-order valence-electron chi connectivity index (χ1n) is 8.57. The minimum Gasteiger partial charge on any atom is -0.454 e. The Morgan fingerprint density at radius 1 is 1.14 bits per heavy atom. The van der Waals surface area contributed by atoms with Crippen LogP contribution in [-0.2, 0) is 15.1 Å². The second-order valence-electron chi connectivity index (χ2n) is 6.69. The van der Waals surface area contributed by atoms with E-state index in [0.717, 1.165) is 17.0 Å². The molecule has 0 unspecified atom stereocenters. The van der Waals surface area contributed by atoms with Crippen LogP contribution in [0.15, 0.2) is 36.4 Å². The van der Waals surface area contributed by atoms with E-state index in [9.17, 15) is 23.2 Å². The largest absolute Gasteiger partial charge is 0.454 e. The topological polar surface area (TPSA) is 97.0 Å². The van der Waals surface area contributed by atoms with Crippen LogP contribution in [0.4, 0.5) is 19.3 Å². The first-order chi connectivity index (χ1) is 13.8. The van der Waals surface area contributed by atoms with Gasteiger partial charge in [0, 0.05) is 11.8 Å². The summed E-state index contributed by atoms with van der Waals surface area (Å²) in [5, 5.41) is 4.90. The van der Waals surface area contributed by atoms with Gasteiger partial charge in [0.05, 0.1) is 0 Å². The van der Waals surface area contributed by atoms with Crippen LogP contribution in [0.2, 0.25) is 0 Å². The predicted octanol–water partition coefficient (Wildman–Crippen LogP) is 2.10. The molecule has 0 saturated carbocycles. The monoisotopic (exact) mass is 403 g/mol. The standard InChI is InChI=1S/C19H15F2N3O5/c1-19(10-2-5-14-15(6-10)29-9-28-14)17(26)24(18(27)23-19)8-16(25)22-11-3-4-12(20)13(21)7-11/h2-7H,8-9H2,1H3,(H,22,25)(H,23,27)/t19-/m1/s1. The average molecular weight is 403 g/mol. The van der Waals surface area contributed by atoms with Crippen molar-refractivity contribution in [2.75, 3.05) is 18.7 Å². The predicted molar refractivity (Wildman–Crippen MR) is 95.1 cm³/mol. The van der Waals surface area contributed by atoms with Gasteiger partial charge in [-0.25, -0.2) is 13.6 Å². The molecule has 0 spiro atoms. The summed E-state index contributed by atoms with van der Waals surface area (Å²) in [7, 11) is 0. The highest BCUT2D eigenvalue weighted by Gasteiger charge is 2.49. The number of nitrogens with zero attached hydrogens (tertiary/aromatic N) is 1. The zero-order valence-corrected chi connectivity index (χ0v) is 15.1. The number of halogens is 2. The molecular weight excluding hydrogens is 388 g/mol. The highest BCUT2D eigenvalue weighted by atomic mass is 19.2. The van der Waals surface area contributed by atoms with Gasteiger partial charge in [-0.2, -0.15) is 0 Å². The minimum absolute atomic E-state index is 0.000475. The number of nitrogens with one attached hydrogen (secondary N) is 2. The molecule has 0 bridgehead atoms. The second-order valence-corrected chi connectivity index (χ2v) is 6.69. The van der Waals surface area contributed by atoms with Crippen molar-refractivity contribution in [2.24, 2.45) is 0 Å². The molecule has 0 aliphatic carbocycles. The molecule has 10 heteroatoms. The van der Waals surface area contributed by atoms with E-state index in [1.807, 2.05) is 0 Å². The first-order valence-corrected chi connectivity index (χ1v) is 8.57. The van der Waals surface area contributed by atoms with Gasteiger partial charge in [0.25, 0.3) is 5.91 Å². The lowest BCUT2D eigenvalue weighted by atomic mass is 9.91. The average Bonchev–Trinajstić information content (AvgIpc) is 3.23. The number of hydrogen-bond acceptors (Lipinski definition) is 5. The Balaban J connectivity index is 1.50. The van der Waals surface area contributed by atoms with E-state index in [4.69, 9.17) is 9.47 Å². The van der Waals surface area contributed by atoms with Gasteiger partial charge in [0.2, 0.25) is 12.7 Å². The number of rotatable bonds is 4. The fraction of sp³-hybridized carbons (Fsp3) is 0.211. The van der Waals surface area contributed by atoms with E-state index >= 15 is 0 Å². The lowest BCUT2D eigenvalue weighted by Crippen LogP contribution is -2.42. The first kappa shape index (κ1) is 18.7. The molecule has 2 aliphatic rings. The van der Waals surface area contributed by atoms with Crippen molar-refractivity contribution in [3.05, 3.63) is 53.6 Å². The Hall–Kier alpha value is -3.69. The maximum absolute atomic E-state index is 13.3. The highest BCUT2D eigenvalue weighted by Crippen LogP contribution is 2.37. The van der Waals surface area contributed by atoms with Crippen molar-refractivity contribution >= 4 is 23.5 Å². The molecule has 8 nitrogen and oxygen atoms in total. The van der Waals surface area contributed by atoms with Crippen LogP contribution in [0, 0.1) is 11.6 Å². The quantitative estimate of drug-likeness (QED) is 0.763. The molecule has 0 radical (unpaired) electrons. The van der Waals surface area contributed by atoms with Crippen LogP contribution in [-0.4, -0.2) is 36.1 Å². The highest BCUT2D eigenvalue weighted by molar-refractivity contribution is 6.10. The van der Waals surface area contributed by atoms with Crippen molar-refractivity contribution in [1.82, 2.24) is 10.2 Å². The lowest BCUT2D eigenvalue weighted by Gasteiger charge is -2.22. The number of urea groups is 1. The number of amides is 4. The third-order valence-corrected chi connectivity index (χ3v) is 4.73. The van der Waals surface area contributed by atoms with Gasteiger partial charge in [-0.05, 0) is 36.8 Å². The molecule has 2 aromatic carbocycles. The third-order valence-electron chi connectivity index (χ3n) is 4.73. The Bertz CT molecular complexity index is 1040. The molecule has 0 aromatic heterocycles. The Labute approximate surface area is 163 Å². The van der Waals surface area contributed by atoms with Crippen LogP contribution < -0.4 is 20.1 Å². The molecule has 2 heterocycles. The van der Waals surface area contributed by atoms with Gasteiger partial charge in [0.15, 0.2) is 23.1 Å². The lowest BCUT2D eigenvalue weighted by molar-refractivity contribution is -0.133. The van der Waals surface area contributed by atoms with Crippen molar-refractivity contribution in [1.29, 1.82) is 0 Å². The summed E-state index contributed by atoms with van der Waals surface area (Å²) in [5.41, 5.74) is -0.941. The van der Waals surface area contributed by atoms with Gasteiger partial charge < -0.3 is 20.1 Å². The maximum atomic E-state index is 13.3. The molecule has 2 aromatic rings. The van der Waals surface area contributed by atoms with Crippen LogP contribution in [0.25, 0.3) is 0 Å². The molecular formula is C19H15F2N3O5. The number of imide groups is 1. The molecule has 1 saturated heterocycles. The Morgan fingerprint density at radius 3 is 2.66 bits per heavy atom. The van der Waals surface area contributed by atoms with E-state index in [0.29, 0.717) is 17.1 Å². The summed E-state index contributed by atoms with van der Waals surface area (Å²) < 4.78 is 36.8. The second kappa shape index (κ2) is 6.73. The Morgan fingerprint density at radius 2 is 1.90 bits per heavy atom. The zero-order valence-electron chi connectivity index (χ0n) is 15.1. The van der Waals surface area contributed by atoms with Crippen LogP contribution in [0.5, 0.6) is 11.5 Å². The van der Waals surface area contributed by atoms with Crippen molar-refractivity contribution < 1.29 is 32.6 Å². The number of fused-ring (bicyclic) bond motifs is 1. The van der Waals surface area contributed by atoms with Crippen molar-refractivity contribution in [3.8, 4) is 11.5 Å². The van der Waals surface area contributed by atoms with E-state index in [1.165, 1.54) is 13.0 Å². The molecule has 2 N–H and O–H groups in total. The minimum atomic E-state index is -1.40. The number of carbonyl (C=O) groups is 3. The summed E-state index contributed by atoms with van der Waals surface area (Å²) >= 11 is 0. The van der Waals surface area contributed by atoms with E-state index < -0.39 is 41.6 Å². The van der Waals surface area contributed by atoms with Crippen molar-refractivity contribution in [2.45, 2.75) is 12.5 Å². The molecule has 4 amide bonds. The van der Waals surface area contributed by atoms with Gasteiger partial charge in [-0.1, -0.05) is 6.07 Å². The zero-order chi connectivity index (χ0) is 20.8. The molecule has 1 atom stereocenters. The number of ether oxygens (including phenoxy) is 2. The number of carbonyl (C=O) groups excluding carboxylic acids is 3. The Kier molecular flexibility index (Phi) is 4.33. The number of anilines is 1. The molecule has 1 fully saturated rings. The summed E-state index contributed by atoms with van der Waals surface area (Å²) in [6.45, 7) is 0.980. The van der Waals surface area contributed by atoms with E-state index in [2.05, 4.69) is 10.6 Å². The summed E-state index contributed by atoms with van der Waals surface area (Å²) in [6, 6.07) is 6.91. The van der Waals surface area contributed by atoms with Crippen LogP contribution >= 0.6 is 0 Å². The van der Waals surface area contributed by atoms with Crippen LogP contribution in [0.1, 0.15) is 12.5 Å². The molecule has 150 valence electrons. The summed E-state index contributed by atoms with van der Waals surface area (Å²) in [4.78, 5) is 38.2. The molecule has 29 heavy (non-hydrogen) atoms. The smallest absolute Gasteiger partial charge is 0.325 e. The third kappa shape index (κ3) is 3.22. The van der Waals surface area contributed by atoms with Gasteiger partial charge in [0.1, 0.15) is 12.1 Å². The van der Waals surface area contributed by atoms with Gasteiger partial charge >= 0.3 is 6.03 Å². The van der Waals surface area contributed by atoms with Crippen LogP contribution in [0.3, 0.4) is 0 Å². The maximum Gasteiger partial charge on any atom is 0.325 e. The van der Waals surface area contributed by atoms with Crippen molar-refractivity contribution in [3.63, 3.8) is 0 Å². The normalized spacial score (nSPS) is 20.0. The molecule has 2 aliphatic heterocycles. The summed E-state index contributed by atoms with van der Waals surface area (Å²) in [6.07, 6.45) is 0. The number of hydrogen-bond donors (Lipinski definition) is 2.